The second-order valence-corrected chi connectivity index (χ2v) is 4.82. The molecule has 0 aromatic heterocycles. The lowest BCUT2D eigenvalue weighted by Gasteiger charge is -2.26. The van der Waals surface area contributed by atoms with Crippen LogP contribution in [-0.4, -0.2) is 12.6 Å². The molecule has 0 amide bonds. The molecule has 80 valence electrons. The molecule has 1 saturated heterocycles. The predicted molar refractivity (Wildman–Crippen MR) is 59.5 cm³/mol. The van der Waals surface area contributed by atoms with Crippen molar-refractivity contribution in [3.63, 3.8) is 0 Å². The summed E-state index contributed by atoms with van der Waals surface area (Å²) in [4.78, 5) is 2.47. The van der Waals surface area contributed by atoms with E-state index in [-0.39, 0.29) is 5.82 Å². The highest BCUT2D eigenvalue weighted by molar-refractivity contribution is 5.48. The summed E-state index contributed by atoms with van der Waals surface area (Å²) in [5.74, 6) is 0.745. The van der Waals surface area contributed by atoms with E-state index in [1.807, 2.05) is 12.1 Å². The van der Waals surface area contributed by atoms with E-state index in [1.54, 1.807) is 12.1 Å². The summed E-state index contributed by atoms with van der Waals surface area (Å²) in [5, 5.41) is 0. The maximum absolute atomic E-state index is 12.8. The second kappa shape index (κ2) is 3.51. The topological polar surface area (TPSA) is 3.24 Å². The third kappa shape index (κ3) is 1.62. The zero-order chi connectivity index (χ0) is 10.3. The molecule has 1 aromatic rings. The van der Waals surface area contributed by atoms with Crippen molar-refractivity contribution in [1.29, 1.82) is 0 Å². The van der Waals surface area contributed by atoms with Gasteiger partial charge in [-0.25, -0.2) is 4.39 Å². The van der Waals surface area contributed by atoms with Gasteiger partial charge in [0.25, 0.3) is 0 Å². The van der Waals surface area contributed by atoms with E-state index in [9.17, 15) is 4.39 Å². The van der Waals surface area contributed by atoms with Crippen molar-refractivity contribution in [3.05, 3.63) is 30.1 Å². The molecule has 1 aliphatic carbocycles. The highest BCUT2D eigenvalue weighted by Gasteiger charge is 2.34. The Hall–Kier alpha value is -1.05. The smallest absolute Gasteiger partial charge is 0.123 e. The lowest BCUT2D eigenvalue weighted by atomic mass is 9.90. The summed E-state index contributed by atoms with van der Waals surface area (Å²) < 4.78 is 12.8. The first-order chi connectivity index (χ1) is 7.33. The van der Waals surface area contributed by atoms with Crippen molar-refractivity contribution < 1.29 is 4.39 Å². The molecule has 1 aromatic carbocycles. The van der Waals surface area contributed by atoms with Crippen LogP contribution in [0.5, 0.6) is 0 Å². The Morgan fingerprint density at radius 2 is 1.93 bits per heavy atom. The number of rotatable bonds is 1. The molecule has 1 nitrogen and oxygen atoms in total. The minimum absolute atomic E-state index is 0.138. The molecule has 1 saturated carbocycles. The van der Waals surface area contributed by atoms with Crippen molar-refractivity contribution in [2.24, 2.45) is 5.92 Å². The average molecular weight is 205 g/mol. The highest BCUT2D eigenvalue weighted by Crippen LogP contribution is 2.38. The lowest BCUT2D eigenvalue weighted by Crippen LogP contribution is -2.28. The second-order valence-electron chi connectivity index (χ2n) is 4.82. The molecular weight excluding hydrogens is 189 g/mol. The van der Waals surface area contributed by atoms with E-state index in [4.69, 9.17) is 0 Å². The molecule has 2 fully saturated rings. The van der Waals surface area contributed by atoms with E-state index >= 15 is 0 Å². The normalized spacial score (nSPS) is 29.5. The van der Waals surface area contributed by atoms with Crippen LogP contribution >= 0.6 is 0 Å². The van der Waals surface area contributed by atoms with Crippen molar-refractivity contribution >= 4 is 5.69 Å². The van der Waals surface area contributed by atoms with Crippen molar-refractivity contribution in [2.45, 2.75) is 31.7 Å². The molecule has 3 rings (SSSR count). The van der Waals surface area contributed by atoms with E-state index in [0.717, 1.165) is 5.92 Å². The van der Waals surface area contributed by atoms with Crippen LogP contribution < -0.4 is 4.90 Å². The van der Waals surface area contributed by atoms with Crippen molar-refractivity contribution in [3.8, 4) is 0 Å². The number of hydrogen-bond acceptors (Lipinski definition) is 1. The molecule has 15 heavy (non-hydrogen) atoms. The molecule has 0 radical (unpaired) electrons. The molecule has 0 spiro atoms. The number of hydrogen-bond donors (Lipinski definition) is 0. The monoisotopic (exact) mass is 205 g/mol. The van der Waals surface area contributed by atoms with Gasteiger partial charge in [-0.15, -0.1) is 0 Å². The Bertz CT molecular complexity index is 346. The summed E-state index contributed by atoms with van der Waals surface area (Å²) in [7, 11) is 0. The molecule has 2 unspecified atom stereocenters. The summed E-state index contributed by atoms with van der Waals surface area (Å²) in [6, 6.07) is 7.68. The molecule has 2 atom stereocenters. The van der Waals surface area contributed by atoms with E-state index in [1.165, 1.54) is 37.9 Å². The van der Waals surface area contributed by atoms with Crippen LogP contribution in [0.3, 0.4) is 0 Å². The minimum Gasteiger partial charge on any atom is -0.368 e. The fraction of sp³-hybridized carbons (Fsp3) is 0.538. The van der Waals surface area contributed by atoms with Gasteiger partial charge in [-0.3, -0.25) is 0 Å². The van der Waals surface area contributed by atoms with Crippen LogP contribution in [0.25, 0.3) is 0 Å². The molecule has 2 aliphatic rings. The standard InChI is InChI=1S/C13H16FN/c14-11-4-6-12(7-5-11)15-9-10-2-1-3-13(15)8-10/h4-7,10,13H,1-3,8-9H2. The quantitative estimate of drug-likeness (QED) is 0.680. The first kappa shape index (κ1) is 9.20. The summed E-state index contributed by atoms with van der Waals surface area (Å²) in [5.41, 5.74) is 1.20. The van der Waals surface area contributed by atoms with Gasteiger partial charge in [0.05, 0.1) is 0 Å². The maximum atomic E-state index is 12.8. The van der Waals surface area contributed by atoms with Gasteiger partial charge in [0.2, 0.25) is 0 Å². The highest BCUT2D eigenvalue weighted by atomic mass is 19.1. The lowest BCUT2D eigenvalue weighted by molar-refractivity contribution is 0.415. The Balaban J connectivity index is 1.85. The van der Waals surface area contributed by atoms with Gasteiger partial charge in [-0.2, -0.15) is 0 Å². The zero-order valence-electron chi connectivity index (χ0n) is 8.82. The summed E-state index contributed by atoms with van der Waals surface area (Å²) >= 11 is 0. The predicted octanol–water partition coefficient (Wildman–Crippen LogP) is 3.20. The maximum Gasteiger partial charge on any atom is 0.123 e. The van der Waals surface area contributed by atoms with Gasteiger partial charge < -0.3 is 4.90 Å². The third-order valence-corrected chi connectivity index (χ3v) is 3.81. The number of nitrogens with zero attached hydrogens (tertiary/aromatic N) is 1. The van der Waals surface area contributed by atoms with Gasteiger partial charge in [0, 0.05) is 18.3 Å². The largest absolute Gasteiger partial charge is 0.368 e. The first-order valence-electron chi connectivity index (χ1n) is 5.85. The van der Waals surface area contributed by atoms with Crippen LogP contribution in [-0.2, 0) is 0 Å². The van der Waals surface area contributed by atoms with Gasteiger partial charge in [-0.05, 0) is 49.4 Å². The Kier molecular flexibility index (Phi) is 2.15. The number of anilines is 1. The molecule has 1 aliphatic heterocycles. The molecule has 0 N–H and O–H groups in total. The van der Waals surface area contributed by atoms with Gasteiger partial charge in [-0.1, -0.05) is 6.42 Å². The molecule has 2 bridgehead atoms. The molecule has 1 heterocycles. The van der Waals surface area contributed by atoms with E-state index < -0.39 is 0 Å². The minimum atomic E-state index is -0.138. The van der Waals surface area contributed by atoms with Gasteiger partial charge >= 0.3 is 0 Å². The number of halogens is 1. The van der Waals surface area contributed by atoms with Crippen molar-refractivity contribution in [1.82, 2.24) is 0 Å². The van der Waals surface area contributed by atoms with E-state index in [0.29, 0.717) is 6.04 Å². The van der Waals surface area contributed by atoms with Crippen LogP contribution in [0.4, 0.5) is 10.1 Å². The number of benzene rings is 1. The van der Waals surface area contributed by atoms with Gasteiger partial charge in [0.15, 0.2) is 0 Å². The molecular formula is C13H16FN. The van der Waals surface area contributed by atoms with Crippen LogP contribution in [0.1, 0.15) is 25.7 Å². The third-order valence-electron chi connectivity index (χ3n) is 3.81. The Morgan fingerprint density at radius 3 is 2.67 bits per heavy atom. The zero-order valence-corrected chi connectivity index (χ0v) is 8.82. The fourth-order valence-electron chi connectivity index (χ4n) is 3.09. The van der Waals surface area contributed by atoms with Crippen LogP contribution in [0.2, 0.25) is 0 Å². The first-order valence-corrected chi connectivity index (χ1v) is 5.85. The van der Waals surface area contributed by atoms with Crippen molar-refractivity contribution in [2.75, 3.05) is 11.4 Å². The SMILES string of the molecule is Fc1ccc(N2CC3CCCC2C3)cc1. The fourth-order valence-corrected chi connectivity index (χ4v) is 3.09. The average Bonchev–Trinajstić information content (AvgIpc) is 2.55. The van der Waals surface area contributed by atoms with Crippen LogP contribution in [0.15, 0.2) is 24.3 Å². The molecule has 2 heteroatoms. The summed E-state index contributed by atoms with van der Waals surface area (Å²) in [6.45, 7) is 1.18. The Labute approximate surface area is 89.9 Å². The van der Waals surface area contributed by atoms with Gasteiger partial charge in [0.1, 0.15) is 5.82 Å². The van der Waals surface area contributed by atoms with Crippen LogP contribution in [0, 0.1) is 11.7 Å². The Morgan fingerprint density at radius 1 is 1.13 bits per heavy atom. The van der Waals surface area contributed by atoms with E-state index in [2.05, 4.69) is 4.90 Å². The summed E-state index contributed by atoms with van der Waals surface area (Å²) in [6.07, 6.45) is 5.41. The number of fused-ring (bicyclic) bond motifs is 2.